The molecule has 7 nitrogen and oxygen atoms in total. The quantitative estimate of drug-likeness (QED) is 0.470. The molecule has 0 radical (unpaired) electrons. The number of carbonyl (C=O) groups excluding carboxylic acids is 1. The fraction of sp³-hybridized carbons (Fsp3) is 0.250. The molecule has 2 rings (SSSR count). The molecule has 150 valence electrons. The van der Waals surface area contributed by atoms with E-state index >= 15 is 0 Å². The number of sulfonamides is 1. The molecular formula is C20H23NO6S. The summed E-state index contributed by atoms with van der Waals surface area (Å²) in [5.41, 5.74) is 0.353. The molecule has 0 amide bonds. The van der Waals surface area contributed by atoms with Crippen LogP contribution in [0.15, 0.2) is 60.0 Å². The Morgan fingerprint density at radius 3 is 2.39 bits per heavy atom. The summed E-state index contributed by atoms with van der Waals surface area (Å²) in [6.45, 7) is 5.46. The summed E-state index contributed by atoms with van der Waals surface area (Å²) in [4.78, 5) is 12.3. The van der Waals surface area contributed by atoms with E-state index in [0.29, 0.717) is 5.75 Å². The highest BCUT2D eigenvalue weighted by Gasteiger charge is 2.28. The van der Waals surface area contributed by atoms with Crippen molar-refractivity contribution < 1.29 is 27.4 Å². The zero-order chi connectivity index (χ0) is 20.7. The fourth-order valence-corrected chi connectivity index (χ4v) is 4.09. The van der Waals surface area contributed by atoms with Gasteiger partial charge in [-0.1, -0.05) is 18.2 Å². The van der Waals surface area contributed by atoms with Gasteiger partial charge in [0, 0.05) is 6.07 Å². The molecule has 2 aromatic rings. The van der Waals surface area contributed by atoms with Crippen molar-refractivity contribution in [1.82, 2.24) is 0 Å². The van der Waals surface area contributed by atoms with Crippen LogP contribution in [0.1, 0.15) is 17.3 Å². The van der Waals surface area contributed by atoms with E-state index in [4.69, 9.17) is 14.2 Å². The van der Waals surface area contributed by atoms with Crippen LogP contribution >= 0.6 is 0 Å². The molecule has 0 unspecified atom stereocenters. The van der Waals surface area contributed by atoms with Crippen LogP contribution in [-0.4, -0.2) is 41.8 Å². The predicted octanol–water partition coefficient (Wildman–Crippen LogP) is 3.26. The van der Waals surface area contributed by atoms with Crippen molar-refractivity contribution in [3.05, 3.63) is 60.7 Å². The SMILES string of the molecule is C=CCN(c1ccccc1C(=O)OCC)S(=O)(=O)c1ccc(OC)c(OC)c1. The van der Waals surface area contributed by atoms with Crippen molar-refractivity contribution in [2.24, 2.45) is 0 Å². The maximum atomic E-state index is 13.4. The van der Waals surface area contributed by atoms with E-state index in [2.05, 4.69) is 6.58 Å². The van der Waals surface area contributed by atoms with E-state index in [1.165, 1.54) is 44.6 Å². The second kappa shape index (κ2) is 9.27. The van der Waals surface area contributed by atoms with Gasteiger partial charge in [-0.25, -0.2) is 13.2 Å². The summed E-state index contributed by atoms with van der Waals surface area (Å²) in [5, 5.41) is 0. The second-order valence-electron chi connectivity index (χ2n) is 5.58. The van der Waals surface area contributed by atoms with Crippen LogP contribution in [0.3, 0.4) is 0 Å². The van der Waals surface area contributed by atoms with Crippen LogP contribution in [0.5, 0.6) is 11.5 Å². The number of rotatable bonds is 9. The lowest BCUT2D eigenvalue weighted by Crippen LogP contribution is -2.32. The molecule has 28 heavy (non-hydrogen) atoms. The van der Waals surface area contributed by atoms with Gasteiger partial charge in [0.05, 0.1) is 43.5 Å². The molecule has 0 aromatic heterocycles. The molecule has 0 heterocycles. The summed E-state index contributed by atoms with van der Waals surface area (Å²) in [7, 11) is -1.14. The molecule has 0 aliphatic carbocycles. The van der Waals surface area contributed by atoms with Gasteiger partial charge in [-0.3, -0.25) is 4.31 Å². The van der Waals surface area contributed by atoms with E-state index in [0.717, 1.165) is 4.31 Å². The Hall–Kier alpha value is -3.00. The third-order valence-electron chi connectivity index (χ3n) is 3.91. The van der Waals surface area contributed by atoms with Crippen molar-refractivity contribution in [1.29, 1.82) is 0 Å². The van der Waals surface area contributed by atoms with Crippen LogP contribution in [0.2, 0.25) is 0 Å². The smallest absolute Gasteiger partial charge is 0.340 e. The number of hydrogen-bond donors (Lipinski definition) is 0. The van der Waals surface area contributed by atoms with Gasteiger partial charge < -0.3 is 14.2 Å². The maximum Gasteiger partial charge on any atom is 0.340 e. The normalized spacial score (nSPS) is 10.8. The van der Waals surface area contributed by atoms with Gasteiger partial charge in [-0.05, 0) is 31.2 Å². The Balaban J connectivity index is 2.61. The number of para-hydroxylation sites is 1. The van der Waals surface area contributed by atoms with E-state index in [1.807, 2.05) is 0 Å². The van der Waals surface area contributed by atoms with E-state index in [-0.39, 0.29) is 35.0 Å². The summed E-state index contributed by atoms with van der Waals surface area (Å²) < 4.78 is 43.2. The Labute approximate surface area is 165 Å². The molecule has 0 aliphatic rings. The lowest BCUT2D eigenvalue weighted by atomic mass is 10.2. The van der Waals surface area contributed by atoms with Crippen molar-refractivity contribution in [2.45, 2.75) is 11.8 Å². The third-order valence-corrected chi connectivity index (χ3v) is 5.68. The molecule has 0 spiro atoms. The Morgan fingerprint density at radius 2 is 1.79 bits per heavy atom. The first kappa shape index (κ1) is 21.3. The van der Waals surface area contributed by atoms with Gasteiger partial charge >= 0.3 is 5.97 Å². The van der Waals surface area contributed by atoms with Crippen LogP contribution in [0.25, 0.3) is 0 Å². The number of carbonyl (C=O) groups is 1. The highest BCUT2D eigenvalue weighted by molar-refractivity contribution is 7.92. The highest BCUT2D eigenvalue weighted by atomic mass is 32.2. The molecule has 0 fully saturated rings. The largest absolute Gasteiger partial charge is 0.493 e. The number of ether oxygens (including phenoxy) is 3. The number of nitrogens with zero attached hydrogens (tertiary/aromatic N) is 1. The highest BCUT2D eigenvalue weighted by Crippen LogP contribution is 2.33. The number of esters is 1. The van der Waals surface area contributed by atoms with Crippen LogP contribution in [0, 0.1) is 0 Å². The average Bonchev–Trinajstić information content (AvgIpc) is 2.71. The van der Waals surface area contributed by atoms with Gasteiger partial charge in [-0.15, -0.1) is 6.58 Å². The summed E-state index contributed by atoms with van der Waals surface area (Å²) >= 11 is 0. The van der Waals surface area contributed by atoms with Crippen LogP contribution in [0.4, 0.5) is 5.69 Å². The van der Waals surface area contributed by atoms with Crippen LogP contribution in [-0.2, 0) is 14.8 Å². The monoisotopic (exact) mass is 405 g/mol. The summed E-state index contributed by atoms with van der Waals surface area (Å²) in [6, 6.07) is 10.7. The number of methoxy groups -OCH3 is 2. The zero-order valence-electron chi connectivity index (χ0n) is 16.0. The second-order valence-corrected chi connectivity index (χ2v) is 7.44. The lowest BCUT2D eigenvalue weighted by molar-refractivity contribution is 0.0527. The van der Waals surface area contributed by atoms with Crippen LogP contribution < -0.4 is 13.8 Å². The number of benzene rings is 2. The molecular weight excluding hydrogens is 382 g/mol. The Kier molecular flexibility index (Phi) is 7.06. The first-order valence-corrected chi connectivity index (χ1v) is 9.96. The van der Waals surface area contributed by atoms with Gasteiger partial charge in [0.15, 0.2) is 11.5 Å². The van der Waals surface area contributed by atoms with Crippen molar-refractivity contribution >= 4 is 21.7 Å². The molecule has 0 aliphatic heterocycles. The zero-order valence-corrected chi connectivity index (χ0v) is 16.9. The van der Waals surface area contributed by atoms with Crippen molar-refractivity contribution in [3.8, 4) is 11.5 Å². The molecule has 8 heteroatoms. The van der Waals surface area contributed by atoms with Gasteiger partial charge in [0.2, 0.25) is 0 Å². The van der Waals surface area contributed by atoms with E-state index in [1.54, 1.807) is 25.1 Å². The Bertz CT molecular complexity index is 955. The molecule has 0 atom stereocenters. The van der Waals surface area contributed by atoms with Gasteiger partial charge in [0.25, 0.3) is 10.0 Å². The van der Waals surface area contributed by atoms with Crippen molar-refractivity contribution in [3.63, 3.8) is 0 Å². The Morgan fingerprint density at radius 1 is 1.11 bits per heavy atom. The standard InChI is InChI=1S/C20H23NO6S/c1-5-13-21(17-10-8-7-9-16(17)20(22)27-6-2)28(23,24)15-11-12-18(25-3)19(14-15)26-4/h5,7-12,14H,1,6,13H2,2-4H3. The molecule has 0 saturated heterocycles. The minimum Gasteiger partial charge on any atom is -0.493 e. The van der Waals surface area contributed by atoms with Crippen molar-refractivity contribution in [2.75, 3.05) is 31.7 Å². The minimum absolute atomic E-state index is 0.00865. The lowest BCUT2D eigenvalue weighted by Gasteiger charge is -2.25. The summed E-state index contributed by atoms with van der Waals surface area (Å²) in [6.07, 6.45) is 1.44. The average molecular weight is 405 g/mol. The predicted molar refractivity (Wildman–Crippen MR) is 107 cm³/mol. The van der Waals surface area contributed by atoms with Gasteiger partial charge in [0.1, 0.15) is 0 Å². The maximum absolute atomic E-state index is 13.4. The summed E-state index contributed by atoms with van der Waals surface area (Å²) in [5.74, 6) is 0.0825. The van der Waals surface area contributed by atoms with E-state index in [9.17, 15) is 13.2 Å². The molecule has 0 N–H and O–H groups in total. The minimum atomic E-state index is -4.03. The molecule has 0 bridgehead atoms. The number of anilines is 1. The van der Waals surface area contributed by atoms with E-state index < -0.39 is 16.0 Å². The third kappa shape index (κ3) is 4.28. The topological polar surface area (TPSA) is 82.1 Å². The molecule has 0 saturated carbocycles. The molecule has 2 aromatic carbocycles. The number of hydrogen-bond acceptors (Lipinski definition) is 6. The first-order chi connectivity index (χ1) is 13.4. The fourth-order valence-electron chi connectivity index (χ4n) is 2.62. The first-order valence-electron chi connectivity index (χ1n) is 8.52. The van der Waals surface area contributed by atoms with Gasteiger partial charge in [-0.2, -0.15) is 0 Å².